The van der Waals surface area contributed by atoms with E-state index in [2.05, 4.69) is 42.4 Å². The Kier molecular flexibility index (Phi) is 7.81. The van der Waals surface area contributed by atoms with Crippen LogP contribution < -0.4 is 14.9 Å². The van der Waals surface area contributed by atoms with Crippen LogP contribution >= 0.6 is 31.9 Å². The largest absolute Gasteiger partial charge is 0.493 e. The van der Waals surface area contributed by atoms with E-state index >= 15 is 0 Å². The number of benzene rings is 2. The molecule has 0 unspecified atom stereocenters. The maximum absolute atomic E-state index is 11.9. The van der Waals surface area contributed by atoms with Gasteiger partial charge in [-0.1, -0.05) is 28.1 Å². The number of hydrogen-bond acceptors (Lipinski definition) is 5. The van der Waals surface area contributed by atoms with E-state index in [1.54, 1.807) is 12.1 Å². The highest BCUT2D eigenvalue weighted by atomic mass is 79.9. The summed E-state index contributed by atoms with van der Waals surface area (Å²) >= 11 is 6.65. The molecule has 7 nitrogen and oxygen atoms in total. The van der Waals surface area contributed by atoms with E-state index in [4.69, 9.17) is 14.6 Å². The molecule has 2 N–H and O–H groups in total. The number of carbonyl (C=O) groups excluding carboxylic acids is 1. The standard InChI is InChI=1S/C18H16Br2N2O5/c1-26-15-7-12(6-14(20)18(15)27-10-17(24)25)9-21-22-16(23)8-11-2-4-13(19)5-3-11/h2-7,9H,8,10H2,1H3,(H,22,23)(H,24,25)/b21-9+. The molecule has 0 heterocycles. The average Bonchev–Trinajstić information content (AvgIpc) is 2.62. The van der Waals surface area contributed by atoms with Crippen LogP contribution in [-0.4, -0.2) is 36.9 Å². The third-order valence-electron chi connectivity index (χ3n) is 3.27. The van der Waals surface area contributed by atoms with Gasteiger partial charge in [-0.2, -0.15) is 5.10 Å². The second-order valence-corrected chi connectivity index (χ2v) is 7.08. The number of carboxylic acids is 1. The summed E-state index contributed by atoms with van der Waals surface area (Å²) in [5, 5.41) is 12.7. The van der Waals surface area contributed by atoms with Gasteiger partial charge in [-0.15, -0.1) is 0 Å². The predicted octanol–water partition coefficient (Wildman–Crippen LogP) is 3.38. The zero-order valence-corrected chi connectivity index (χ0v) is 17.4. The number of hydrazone groups is 1. The molecule has 0 fully saturated rings. The van der Waals surface area contributed by atoms with E-state index in [0.29, 0.717) is 15.8 Å². The first-order valence-corrected chi connectivity index (χ1v) is 9.26. The summed E-state index contributed by atoms with van der Waals surface area (Å²) in [6.07, 6.45) is 1.66. The lowest BCUT2D eigenvalue weighted by atomic mass is 10.1. The fourth-order valence-corrected chi connectivity index (χ4v) is 2.93. The van der Waals surface area contributed by atoms with Crippen molar-refractivity contribution in [1.29, 1.82) is 0 Å². The molecule has 1 amide bonds. The third-order valence-corrected chi connectivity index (χ3v) is 4.39. The van der Waals surface area contributed by atoms with Gasteiger partial charge < -0.3 is 14.6 Å². The topological polar surface area (TPSA) is 97.2 Å². The molecule has 2 rings (SSSR count). The number of halogens is 2. The van der Waals surface area contributed by atoms with Crippen LogP contribution in [0.1, 0.15) is 11.1 Å². The number of methoxy groups -OCH3 is 1. The summed E-state index contributed by atoms with van der Waals surface area (Å²) in [6, 6.07) is 10.7. The zero-order valence-electron chi connectivity index (χ0n) is 14.2. The molecule has 27 heavy (non-hydrogen) atoms. The van der Waals surface area contributed by atoms with Crippen LogP contribution in [0.5, 0.6) is 11.5 Å². The Bertz CT molecular complexity index is 854. The number of ether oxygens (including phenoxy) is 2. The summed E-state index contributed by atoms with van der Waals surface area (Å²) in [5.41, 5.74) is 3.96. The number of rotatable bonds is 8. The van der Waals surface area contributed by atoms with Gasteiger partial charge in [0.25, 0.3) is 0 Å². The lowest BCUT2D eigenvalue weighted by molar-refractivity contribution is -0.139. The minimum absolute atomic E-state index is 0.208. The molecule has 0 aliphatic carbocycles. The van der Waals surface area contributed by atoms with Crippen LogP contribution in [0.15, 0.2) is 50.4 Å². The normalized spacial score (nSPS) is 10.6. The maximum atomic E-state index is 11.9. The molecule has 2 aromatic carbocycles. The Morgan fingerprint density at radius 1 is 1.22 bits per heavy atom. The second-order valence-electron chi connectivity index (χ2n) is 5.31. The molecule has 9 heteroatoms. The van der Waals surface area contributed by atoms with Gasteiger partial charge in [-0.3, -0.25) is 4.79 Å². The van der Waals surface area contributed by atoms with E-state index < -0.39 is 12.6 Å². The van der Waals surface area contributed by atoms with Crippen LogP contribution in [-0.2, 0) is 16.0 Å². The van der Waals surface area contributed by atoms with Gasteiger partial charge in [0.15, 0.2) is 18.1 Å². The minimum Gasteiger partial charge on any atom is -0.493 e. The molecular weight excluding hydrogens is 484 g/mol. The summed E-state index contributed by atoms with van der Waals surface area (Å²) in [4.78, 5) is 22.6. The van der Waals surface area contributed by atoms with Gasteiger partial charge in [0, 0.05) is 4.47 Å². The van der Waals surface area contributed by atoms with E-state index in [-0.39, 0.29) is 18.1 Å². The molecule has 0 spiro atoms. The average molecular weight is 500 g/mol. The Morgan fingerprint density at radius 3 is 2.56 bits per heavy atom. The van der Waals surface area contributed by atoms with Gasteiger partial charge in [-0.05, 0) is 51.3 Å². The van der Waals surface area contributed by atoms with Crippen molar-refractivity contribution in [3.05, 3.63) is 56.5 Å². The summed E-state index contributed by atoms with van der Waals surface area (Å²) in [7, 11) is 1.44. The van der Waals surface area contributed by atoms with Crippen molar-refractivity contribution in [2.45, 2.75) is 6.42 Å². The quantitative estimate of drug-likeness (QED) is 0.428. The van der Waals surface area contributed by atoms with E-state index in [0.717, 1.165) is 10.0 Å². The van der Waals surface area contributed by atoms with Crippen molar-refractivity contribution in [3.63, 3.8) is 0 Å². The molecule has 0 aromatic heterocycles. The number of hydrogen-bond donors (Lipinski definition) is 2. The highest BCUT2D eigenvalue weighted by Gasteiger charge is 2.12. The number of carboxylic acid groups (broad SMARTS) is 1. The number of nitrogens with one attached hydrogen (secondary N) is 1. The van der Waals surface area contributed by atoms with Crippen LogP contribution in [0.25, 0.3) is 0 Å². The molecule has 142 valence electrons. The first-order chi connectivity index (χ1) is 12.9. The van der Waals surface area contributed by atoms with Crippen molar-refractivity contribution in [3.8, 4) is 11.5 Å². The van der Waals surface area contributed by atoms with Crippen molar-refractivity contribution >= 4 is 50.0 Å². The number of nitrogens with zero attached hydrogens (tertiary/aromatic N) is 1. The fourth-order valence-electron chi connectivity index (χ4n) is 2.09. The SMILES string of the molecule is COc1cc(/C=N/NC(=O)Cc2ccc(Br)cc2)cc(Br)c1OCC(=O)O. The molecule has 0 atom stereocenters. The van der Waals surface area contributed by atoms with E-state index in [1.807, 2.05) is 24.3 Å². The fraction of sp³-hybridized carbons (Fsp3) is 0.167. The van der Waals surface area contributed by atoms with Gasteiger partial charge in [0.05, 0.1) is 24.2 Å². The Balaban J connectivity index is 2.01. The molecule has 2 aromatic rings. The molecular formula is C18H16Br2N2O5. The van der Waals surface area contributed by atoms with Gasteiger partial charge in [0.2, 0.25) is 5.91 Å². The third kappa shape index (κ3) is 6.69. The number of aliphatic carboxylic acids is 1. The van der Waals surface area contributed by atoms with Crippen molar-refractivity contribution in [2.75, 3.05) is 13.7 Å². The summed E-state index contributed by atoms with van der Waals surface area (Å²) in [5.74, 6) is -0.728. The Morgan fingerprint density at radius 2 is 1.93 bits per heavy atom. The molecule has 0 radical (unpaired) electrons. The van der Waals surface area contributed by atoms with Crippen LogP contribution in [0.2, 0.25) is 0 Å². The molecule has 0 saturated carbocycles. The lowest BCUT2D eigenvalue weighted by Gasteiger charge is -2.12. The number of amides is 1. The van der Waals surface area contributed by atoms with Gasteiger partial charge in [0.1, 0.15) is 0 Å². The van der Waals surface area contributed by atoms with Crippen molar-refractivity contribution in [2.24, 2.45) is 5.10 Å². The minimum atomic E-state index is -1.09. The monoisotopic (exact) mass is 498 g/mol. The Labute approximate surface area is 172 Å². The molecule has 0 bridgehead atoms. The van der Waals surface area contributed by atoms with E-state index in [1.165, 1.54) is 13.3 Å². The molecule has 0 aliphatic heterocycles. The highest BCUT2D eigenvalue weighted by molar-refractivity contribution is 9.10. The highest BCUT2D eigenvalue weighted by Crippen LogP contribution is 2.36. The van der Waals surface area contributed by atoms with Gasteiger partial charge >= 0.3 is 5.97 Å². The van der Waals surface area contributed by atoms with Crippen LogP contribution in [0, 0.1) is 0 Å². The number of carbonyl (C=O) groups is 2. The first-order valence-electron chi connectivity index (χ1n) is 7.67. The first kappa shape index (κ1) is 20.9. The van der Waals surface area contributed by atoms with Crippen LogP contribution in [0.3, 0.4) is 0 Å². The molecule has 0 saturated heterocycles. The Hall–Kier alpha value is -2.39. The van der Waals surface area contributed by atoms with Gasteiger partial charge in [-0.25, -0.2) is 10.2 Å². The lowest BCUT2D eigenvalue weighted by Crippen LogP contribution is -2.19. The van der Waals surface area contributed by atoms with Crippen molar-refractivity contribution < 1.29 is 24.2 Å². The predicted molar refractivity (Wildman–Crippen MR) is 107 cm³/mol. The smallest absolute Gasteiger partial charge is 0.341 e. The van der Waals surface area contributed by atoms with Crippen molar-refractivity contribution in [1.82, 2.24) is 5.43 Å². The van der Waals surface area contributed by atoms with E-state index in [9.17, 15) is 9.59 Å². The van der Waals surface area contributed by atoms with Crippen LogP contribution in [0.4, 0.5) is 0 Å². The summed E-state index contributed by atoms with van der Waals surface area (Å²) < 4.78 is 11.9. The zero-order chi connectivity index (χ0) is 19.8. The summed E-state index contributed by atoms with van der Waals surface area (Å²) in [6.45, 7) is -0.492. The maximum Gasteiger partial charge on any atom is 0.341 e. The second kappa shape index (κ2) is 10.1. The molecule has 0 aliphatic rings.